The van der Waals surface area contributed by atoms with Crippen LogP contribution in [0.1, 0.15) is 0 Å². The second-order valence-electron chi connectivity index (χ2n) is 4.41. The van der Waals surface area contributed by atoms with Gasteiger partial charge < -0.3 is 5.32 Å². The summed E-state index contributed by atoms with van der Waals surface area (Å²) in [6.45, 7) is 0.114. The molecule has 0 unspecified atom stereocenters. The number of rotatable bonds is 3. The molecule has 21 heavy (non-hydrogen) atoms. The second-order valence-corrected chi connectivity index (χ2v) is 6.18. The largest absolute Gasteiger partial charge is 0.323 e. The summed E-state index contributed by atoms with van der Waals surface area (Å²) in [6, 6.07) is 13.1. The van der Waals surface area contributed by atoms with Crippen LogP contribution in [0.5, 0.6) is 0 Å². The summed E-state index contributed by atoms with van der Waals surface area (Å²) in [6.07, 6.45) is 0. The predicted molar refractivity (Wildman–Crippen MR) is 88.0 cm³/mol. The zero-order valence-corrected chi connectivity index (χ0v) is 13.9. The van der Waals surface area contributed by atoms with E-state index in [1.165, 1.54) is 0 Å². The zero-order chi connectivity index (χ0) is 14.8. The van der Waals surface area contributed by atoms with Crippen LogP contribution in [0.25, 0.3) is 11.0 Å². The third kappa shape index (κ3) is 3.14. The van der Waals surface area contributed by atoms with Gasteiger partial charge >= 0.3 is 0 Å². The van der Waals surface area contributed by atoms with Gasteiger partial charge in [0.05, 0.1) is 11.2 Å². The topological polar surface area (TPSA) is 59.8 Å². The third-order valence-corrected chi connectivity index (χ3v) is 4.07. The number of nitrogens with zero attached hydrogens (tertiary/aromatic N) is 3. The first-order valence-corrected chi connectivity index (χ1v) is 7.75. The molecule has 0 atom stereocenters. The molecule has 3 rings (SSSR count). The summed E-state index contributed by atoms with van der Waals surface area (Å²) < 4.78 is 3.33. The molecule has 0 bridgehead atoms. The number of carbonyl (C=O) groups excluding carboxylic acids is 1. The number of aromatic nitrogens is 3. The van der Waals surface area contributed by atoms with Gasteiger partial charge in [0.2, 0.25) is 5.91 Å². The Labute approximate surface area is 137 Å². The van der Waals surface area contributed by atoms with E-state index in [4.69, 9.17) is 0 Å². The lowest BCUT2D eigenvalue weighted by atomic mass is 10.3. The van der Waals surface area contributed by atoms with Crippen LogP contribution >= 0.6 is 31.9 Å². The molecule has 0 aliphatic heterocycles. The van der Waals surface area contributed by atoms with Gasteiger partial charge in [0.15, 0.2) is 0 Å². The first-order chi connectivity index (χ1) is 10.1. The molecule has 0 aliphatic rings. The van der Waals surface area contributed by atoms with Gasteiger partial charge in [0, 0.05) is 8.95 Å². The smallest absolute Gasteiger partial charge is 0.246 e. The number of nitrogens with one attached hydrogen (secondary N) is 1. The summed E-state index contributed by atoms with van der Waals surface area (Å²) in [5.74, 6) is -0.159. The molecule has 0 aliphatic carbocycles. The Hall–Kier alpha value is -1.73. The number of amides is 1. The van der Waals surface area contributed by atoms with Gasteiger partial charge in [-0.2, -0.15) is 0 Å². The molecule has 1 amide bonds. The van der Waals surface area contributed by atoms with E-state index in [1.807, 2.05) is 42.5 Å². The SMILES string of the molecule is O=C(Cn1nnc2ccccc21)Nc1ccc(Br)cc1Br. The van der Waals surface area contributed by atoms with Crippen molar-refractivity contribution >= 4 is 54.5 Å². The minimum atomic E-state index is -0.159. The van der Waals surface area contributed by atoms with E-state index in [1.54, 1.807) is 4.68 Å². The molecule has 1 N–H and O–H groups in total. The van der Waals surface area contributed by atoms with Crippen molar-refractivity contribution < 1.29 is 4.79 Å². The molecule has 0 radical (unpaired) electrons. The second kappa shape index (κ2) is 5.95. The summed E-state index contributed by atoms with van der Waals surface area (Å²) in [4.78, 5) is 12.1. The van der Waals surface area contributed by atoms with Gasteiger partial charge in [-0.15, -0.1) is 5.10 Å². The minimum Gasteiger partial charge on any atom is -0.323 e. The summed E-state index contributed by atoms with van der Waals surface area (Å²) >= 11 is 6.79. The third-order valence-electron chi connectivity index (χ3n) is 2.92. The number of benzene rings is 2. The number of fused-ring (bicyclic) bond motifs is 1. The van der Waals surface area contributed by atoms with E-state index in [-0.39, 0.29) is 12.5 Å². The zero-order valence-electron chi connectivity index (χ0n) is 10.8. The molecular formula is C14H10Br2N4O. The summed E-state index contributed by atoms with van der Waals surface area (Å²) in [7, 11) is 0. The predicted octanol–water partition coefficient (Wildman–Crippen LogP) is 3.60. The van der Waals surface area contributed by atoms with Crippen LogP contribution in [0.4, 0.5) is 5.69 Å². The number of para-hydroxylation sites is 1. The fraction of sp³-hybridized carbons (Fsp3) is 0.0714. The van der Waals surface area contributed by atoms with Gasteiger partial charge in [0.1, 0.15) is 12.1 Å². The Bertz CT molecular complexity index is 816. The van der Waals surface area contributed by atoms with Crippen LogP contribution < -0.4 is 5.32 Å². The van der Waals surface area contributed by atoms with Crippen LogP contribution in [-0.4, -0.2) is 20.9 Å². The van der Waals surface area contributed by atoms with E-state index in [2.05, 4.69) is 47.5 Å². The molecule has 5 nitrogen and oxygen atoms in total. The number of hydrogen-bond acceptors (Lipinski definition) is 3. The highest BCUT2D eigenvalue weighted by Crippen LogP contribution is 2.26. The number of carbonyl (C=O) groups is 1. The van der Waals surface area contributed by atoms with Gasteiger partial charge in [0.25, 0.3) is 0 Å². The average Bonchev–Trinajstić information content (AvgIpc) is 2.85. The molecular weight excluding hydrogens is 400 g/mol. The molecule has 0 saturated heterocycles. The molecule has 7 heteroatoms. The van der Waals surface area contributed by atoms with Crippen molar-refractivity contribution in [3.63, 3.8) is 0 Å². The van der Waals surface area contributed by atoms with Crippen molar-refractivity contribution in [3.05, 3.63) is 51.4 Å². The van der Waals surface area contributed by atoms with Crippen molar-refractivity contribution in [2.24, 2.45) is 0 Å². The fourth-order valence-electron chi connectivity index (χ4n) is 1.95. The van der Waals surface area contributed by atoms with Gasteiger partial charge in [-0.05, 0) is 46.3 Å². The molecule has 2 aromatic carbocycles. The van der Waals surface area contributed by atoms with Crippen molar-refractivity contribution in [1.82, 2.24) is 15.0 Å². The Morgan fingerprint density at radius 1 is 1.19 bits per heavy atom. The fourth-order valence-corrected chi connectivity index (χ4v) is 3.10. The van der Waals surface area contributed by atoms with Crippen molar-refractivity contribution in [3.8, 4) is 0 Å². The molecule has 0 fully saturated rings. The number of anilines is 1. The molecule has 1 heterocycles. The molecule has 0 spiro atoms. The minimum absolute atomic E-state index is 0.114. The van der Waals surface area contributed by atoms with Gasteiger partial charge in [-0.25, -0.2) is 4.68 Å². The van der Waals surface area contributed by atoms with Crippen molar-refractivity contribution in [2.45, 2.75) is 6.54 Å². The monoisotopic (exact) mass is 408 g/mol. The maximum absolute atomic E-state index is 12.1. The van der Waals surface area contributed by atoms with E-state index < -0.39 is 0 Å². The first-order valence-electron chi connectivity index (χ1n) is 6.16. The highest BCUT2D eigenvalue weighted by Gasteiger charge is 2.10. The van der Waals surface area contributed by atoms with Crippen LogP contribution in [0.3, 0.4) is 0 Å². The Balaban J connectivity index is 1.77. The number of halogens is 2. The van der Waals surface area contributed by atoms with Crippen molar-refractivity contribution in [2.75, 3.05) is 5.32 Å². The Kier molecular flexibility index (Phi) is 4.03. The lowest BCUT2D eigenvalue weighted by molar-refractivity contribution is -0.116. The quantitative estimate of drug-likeness (QED) is 0.718. The van der Waals surface area contributed by atoms with E-state index in [9.17, 15) is 4.79 Å². The van der Waals surface area contributed by atoms with Crippen LogP contribution in [0, 0.1) is 0 Å². The molecule has 3 aromatic rings. The average molecular weight is 410 g/mol. The highest BCUT2D eigenvalue weighted by atomic mass is 79.9. The molecule has 1 aromatic heterocycles. The molecule has 0 saturated carbocycles. The van der Waals surface area contributed by atoms with E-state index >= 15 is 0 Å². The lowest BCUT2D eigenvalue weighted by Gasteiger charge is -2.08. The standard InChI is InChI=1S/C14H10Br2N4O/c15-9-5-6-11(10(16)7-9)17-14(21)8-20-13-4-2-1-3-12(13)18-19-20/h1-7H,8H2,(H,17,21). The lowest BCUT2D eigenvalue weighted by Crippen LogP contribution is -2.19. The van der Waals surface area contributed by atoms with Gasteiger partial charge in [-0.1, -0.05) is 33.3 Å². The Morgan fingerprint density at radius 3 is 2.81 bits per heavy atom. The normalized spacial score (nSPS) is 10.8. The van der Waals surface area contributed by atoms with E-state index in [0.717, 1.165) is 20.0 Å². The first kappa shape index (κ1) is 14.2. The number of hydrogen-bond donors (Lipinski definition) is 1. The summed E-state index contributed by atoms with van der Waals surface area (Å²) in [5.41, 5.74) is 2.32. The van der Waals surface area contributed by atoms with Crippen LogP contribution in [-0.2, 0) is 11.3 Å². The van der Waals surface area contributed by atoms with Crippen molar-refractivity contribution in [1.29, 1.82) is 0 Å². The summed E-state index contributed by atoms with van der Waals surface area (Å²) in [5, 5.41) is 10.9. The van der Waals surface area contributed by atoms with Crippen LogP contribution in [0.2, 0.25) is 0 Å². The van der Waals surface area contributed by atoms with E-state index in [0.29, 0.717) is 5.69 Å². The Morgan fingerprint density at radius 2 is 2.00 bits per heavy atom. The van der Waals surface area contributed by atoms with Gasteiger partial charge in [-0.3, -0.25) is 4.79 Å². The van der Waals surface area contributed by atoms with Crippen LogP contribution in [0.15, 0.2) is 51.4 Å². The maximum Gasteiger partial charge on any atom is 0.246 e. The maximum atomic E-state index is 12.1. The highest BCUT2D eigenvalue weighted by molar-refractivity contribution is 9.11. The molecule has 106 valence electrons.